The third-order valence-electron chi connectivity index (χ3n) is 4.50. The van der Waals surface area contributed by atoms with Crippen molar-refractivity contribution in [2.45, 2.75) is 42.8 Å². The minimum absolute atomic E-state index is 0.339. The van der Waals surface area contributed by atoms with Gasteiger partial charge in [-0.05, 0) is 37.8 Å². The molecule has 2 aliphatic rings. The zero-order valence-electron chi connectivity index (χ0n) is 12.6. The Morgan fingerprint density at radius 2 is 1.91 bits per heavy atom. The van der Waals surface area contributed by atoms with E-state index in [1.807, 2.05) is 6.07 Å². The zero-order valence-corrected chi connectivity index (χ0v) is 13.4. The SMILES string of the molecule is O=S(=O)(/C=C\CCC1CCCC12OCCO2)c1ccccc1. The lowest BCUT2D eigenvalue weighted by molar-refractivity contribution is -0.182. The first-order chi connectivity index (χ1) is 10.6. The molecule has 0 radical (unpaired) electrons. The van der Waals surface area contributed by atoms with Crippen LogP contribution in [0.25, 0.3) is 0 Å². The van der Waals surface area contributed by atoms with E-state index in [9.17, 15) is 8.42 Å². The summed E-state index contributed by atoms with van der Waals surface area (Å²) in [5.41, 5.74) is 0. The lowest BCUT2D eigenvalue weighted by atomic mass is 9.96. The number of hydrogen-bond donors (Lipinski definition) is 0. The van der Waals surface area contributed by atoms with Crippen LogP contribution in [0.2, 0.25) is 0 Å². The molecule has 1 aromatic carbocycles. The van der Waals surface area contributed by atoms with Gasteiger partial charge in [0.1, 0.15) is 0 Å². The third kappa shape index (κ3) is 3.26. The first-order valence-electron chi connectivity index (χ1n) is 7.87. The van der Waals surface area contributed by atoms with E-state index in [1.165, 1.54) is 5.41 Å². The third-order valence-corrected chi connectivity index (χ3v) is 5.98. The molecule has 0 aromatic heterocycles. The molecule has 2 fully saturated rings. The molecule has 4 nitrogen and oxygen atoms in total. The summed E-state index contributed by atoms with van der Waals surface area (Å²) in [7, 11) is -3.33. The van der Waals surface area contributed by atoms with Gasteiger partial charge in [0, 0.05) is 17.7 Å². The molecule has 0 amide bonds. The van der Waals surface area contributed by atoms with E-state index < -0.39 is 9.84 Å². The maximum atomic E-state index is 12.1. The summed E-state index contributed by atoms with van der Waals surface area (Å²) in [5.74, 6) is -0.00865. The van der Waals surface area contributed by atoms with E-state index in [4.69, 9.17) is 9.47 Å². The van der Waals surface area contributed by atoms with Crippen LogP contribution < -0.4 is 0 Å². The highest BCUT2D eigenvalue weighted by atomic mass is 32.2. The molecular formula is C17H22O4S. The number of ether oxygens (including phenoxy) is 2. The van der Waals surface area contributed by atoms with Crippen LogP contribution in [0.5, 0.6) is 0 Å². The molecule has 1 atom stereocenters. The average molecular weight is 322 g/mol. The molecule has 1 aliphatic heterocycles. The minimum Gasteiger partial charge on any atom is -0.347 e. The van der Waals surface area contributed by atoms with Crippen molar-refractivity contribution in [3.05, 3.63) is 41.8 Å². The molecule has 1 saturated carbocycles. The topological polar surface area (TPSA) is 52.6 Å². The second-order valence-corrected chi connectivity index (χ2v) is 7.74. The van der Waals surface area contributed by atoms with Crippen molar-refractivity contribution in [2.24, 2.45) is 5.92 Å². The van der Waals surface area contributed by atoms with Crippen molar-refractivity contribution in [3.63, 3.8) is 0 Å². The number of rotatable bonds is 5. The van der Waals surface area contributed by atoms with Crippen molar-refractivity contribution in [2.75, 3.05) is 13.2 Å². The maximum absolute atomic E-state index is 12.1. The van der Waals surface area contributed by atoms with Crippen LogP contribution in [0.1, 0.15) is 32.1 Å². The van der Waals surface area contributed by atoms with Crippen LogP contribution in [-0.4, -0.2) is 27.4 Å². The molecule has 0 N–H and O–H groups in total. The van der Waals surface area contributed by atoms with E-state index >= 15 is 0 Å². The van der Waals surface area contributed by atoms with Crippen LogP contribution >= 0.6 is 0 Å². The fourth-order valence-electron chi connectivity index (χ4n) is 3.41. The standard InChI is InChI=1S/C17H22O4S/c18-22(19,16-9-2-1-3-10-16)14-5-4-7-15-8-6-11-17(15)20-12-13-21-17/h1-3,5,9-10,14-15H,4,6-8,11-13H2/b14-5-. The zero-order chi connectivity index (χ0) is 15.5. The molecule has 120 valence electrons. The van der Waals surface area contributed by atoms with Crippen molar-refractivity contribution in [3.8, 4) is 0 Å². The fourth-order valence-corrected chi connectivity index (χ4v) is 4.50. The second-order valence-electron chi connectivity index (χ2n) is 5.91. The highest BCUT2D eigenvalue weighted by molar-refractivity contribution is 7.94. The van der Waals surface area contributed by atoms with E-state index in [0.717, 1.165) is 32.1 Å². The van der Waals surface area contributed by atoms with Crippen molar-refractivity contribution < 1.29 is 17.9 Å². The van der Waals surface area contributed by atoms with Gasteiger partial charge in [-0.1, -0.05) is 24.3 Å². The normalized spacial score (nSPS) is 24.5. The monoisotopic (exact) mass is 322 g/mol. The van der Waals surface area contributed by atoms with Gasteiger partial charge in [0.05, 0.1) is 18.1 Å². The van der Waals surface area contributed by atoms with Gasteiger partial charge < -0.3 is 9.47 Å². The Kier molecular flexibility index (Phi) is 4.66. The Bertz CT molecular complexity index is 610. The Balaban J connectivity index is 1.57. The van der Waals surface area contributed by atoms with Crippen LogP contribution in [0.3, 0.4) is 0 Å². The number of sulfone groups is 1. The van der Waals surface area contributed by atoms with Crippen molar-refractivity contribution >= 4 is 9.84 Å². The number of allylic oxidation sites excluding steroid dienone is 1. The molecule has 5 heteroatoms. The smallest absolute Gasteiger partial charge is 0.199 e. The first-order valence-corrected chi connectivity index (χ1v) is 9.42. The summed E-state index contributed by atoms with van der Waals surface area (Å²) in [6.45, 7) is 1.35. The number of hydrogen-bond acceptors (Lipinski definition) is 4. The van der Waals surface area contributed by atoms with Crippen LogP contribution in [0.15, 0.2) is 46.7 Å². The lowest BCUT2D eigenvalue weighted by Gasteiger charge is -2.29. The van der Waals surface area contributed by atoms with Gasteiger partial charge in [-0.15, -0.1) is 0 Å². The van der Waals surface area contributed by atoms with E-state index in [0.29, 0.717) is 24.0 Å². The predicted molar refractivity (Wildman–Crippen MR) is 84.0 cm³/mol. The summed E-state index contributed by atoms with van der Waals surface area (Å²) in [6.07, 6.45) is 6.56. The Morgan fingerprint density at radius 3 is 2.64 bits per heavy atom. The molecule has 0 bridgehead atoms. The molecule has 1 aliphatic carbocycles. The molecule has 1 aromatic rings. The minimum atomic E-state index is -3.33. The number of benzene rings is 1. The molecule has 1 spiro atoms. The summed E-state index contributed by atoms with van der Waals surface area (Å²) in [6, 6.07) is 8.51. The van der Waals surface area contributed by atoms with Crippen molar-refractivity contribution in [1.82, 2.24) is 0 Å². The molecule has 1 unspecified atom stereocenters. The summed E-state index contributed by atoms with van der Waals surface area (Å²) < 4.78 is 35.9. The first kappa shape index (κ1) is 15.7. The predicted octanol–water partition coefficient (Wildman–Crippen LogP) is 3.30. The second kappa shape index (κ2) is 6.52. The largest absolute Gasteiger partial charge is 0.347 e. The molecule has 22 heavy (non-hydrogen) atoms. The molecule has 1 saturated heterocycles. The summed E-state index contributed by atoms with van der Waals surface area (Å²) >= 11 is 0. The fraction of sp³-hybridized carbons (Fsp3) is 0.529. The van der Waals surface area contributed by atoms with Gasteiger partial charge in [0.15, 0.2) is 15.6 Å². The highest BCUT2D eigenvalue weighted by Gasteiger charge is 2.47. The summed E-state index contributed by atoms with van der Waals surface area (Å²) in [5, 5.41) is 1.32. The average Bonchev–Trinajstić information content (AvgIpc) is 3.16. The Labute approximate surface area is 132 Å². The van der Waals surface area contributed by atoms with Gasteiger partial charge in [-0.3, -0.25) is 0 Å². The van der Waals surface area contributed by atoms with E-state index in [1.54, 1.807) is 30.3 Å². The summed E-state index contributed by atoms with van der Waals surface area (Å²) in [4.78, 5) is 0.339. The van der Waals surface area contributed by atoms with E-state index in [-0.39, 0.29) is 5.79 Å². The van der Waals surface area contributed by atoms with Gasteiger partial charge in [0.25, 0.3) is 0 Å². The van der Waals surface area contributed by atoms with Crippen molar-refractivity contribution in [1.29, 1.82) is 0 Å². The Morgan fingerprint density at radius 1 is 1.18 bits per heavy atom. The van der Waals surface area contributed by atoms with Crippen LogP contribution in [0, 0.1) is 5.92 Å². The lowest BCUT2D eigenvalue weighted by Crippen LogP contribution is -2.34. The highest BCUT2D eigenvalue weighted by Crippen LogP contribution is 2.44. The van der Waals surface area contributed by atoms with Gasteiger partial charge in [-0.2, -0.15) is 0 Å². The van der Waals surface area contributed by atoms with Crippen LogP contribution in [0.4, 0.5) is 0 Å². The quantitative estimate of drug-likeness (QED) is 0.834. The molecule has 1 heterocycles. The molecular weight excluding hydrogens is 300 g/mol. The van der Waals surface area contributed by atoms with Crippen LogP contribution in [-0.2, 0) is 19.3 Å². The van der Waals surface area contributed by atoms with Gasteiger partial charge in [-0.25, -0.2) is 8.42 Å². The maximum Gasteiger partial charge on any atom is 0.199 e. The van der Waals surface area contributed by atoms with Gasteiger partial charge in [0.2, 0.25) is 0 Å². The molecule has 3 rings (SSSR count). The Hall–Kier alpha value is -1.17. The van der Waals surface area contributed by atoms with Gasteiger partial charge >= 0.3 is 0 Å². The van der Waals surface area contributed by atoms with E-state index in [2.05, 4.69) is 0 Å².